The number of hydrogen-bond acceptors (Lipinski definition) is 5. The summed E-state index contributed by atoms with van der Waals surface area (Å²) in [5.74, 6) is 0.108. The zero-order valence-electron chi connectivity index (χ0n) is 16.2. The van der Waals surface area contributed by atoms with Crippen LogP contribution in [0.3, 0.4) is 0 Å². The summed E-state index contributed by atoms with van der Waals surface area (Å²) in [5.41, 5.74) is 1.47. The third-order valence-corrected chi connectivity index (χ3v) is 4.66. The largest absolute Gasteiger partial charge is 0.486 e. The van der Waals surface area contributed by atoms with Gasteiger partial charge in [-0.3, -0.25) is 14.5 Å². The number of carbonyl (C=O) groups is 2. The highest BCUT2D eigenvalue weighted by Gasteiger charge is 2.39. The van der Waals surface area contributed by atoms with Crippen LogP contribution >= 0.6 is 0 Å². The van der Waals surface area contributed by atoms with Crippen LogP contribution in [0.2, 0.25) is 0 Å². The summed E-state index contributed by atoms with van der Waals surface area (Å²) in [6.07, 6.45) is 0. The highest BCUT2D eigenvalue weighted by molar-refractivity contribution is 6.36. The lowest BCUT2D eigenvalue weighted by Gasteiger charge is -2.19. The van der Waals surface area contributed by atoms with Crippen LogP contribution in [0.4, 0.5) is 10.1 Å². The molecule has 2 aliphatic rings. The number of ether oxygens (including phenoxy) is 2. The molecule has 150 valence electrons. The van der Waals surface area contributed by atoms with Crippen molar-refractivity contribution in [2.24, 2.45) is 5.92 Å². The van der Waals surface area contributed by atoms with E-state index in [0.29, 0.717) is 42.5 Å². The minimum absolute atomic E-state index is 0.117. The SMILES string of the molecule is CC(C)CN1C(=O)C(Nc2ccc3c(c2)OCCO3)=C(c2ccc(F)cc2)C1=O. The molecular weight excluding hydrogens is 375 g/mol. The average Bonchev–Trinajstić information content (AvgIpc) is 2.93. The van der Waals surface area contributed by atoms with Gasteiger partial charge in [0.2, 0.25) is 0 Å². The molecule has 0 saturated carbocycles. The van der Waals surface area contributed by atoms with Crippen LogP contribution in [0.1, 0.15) is 19.4 Å². The van der Waals surface area contributed by atoms with Crippen LogP contribution in [0.25, 0.3) is 5.57 Å². The molecule has 0 aromatic heterocycles. The molecule has 2 heterocycles. The summed E-state index contributed by atoms with van der Waals surface area (Å²) in [7, 11) is 0. The first kappa shape index (κ1) is 19.0. The van der Waals surface area contributed by atoms with Gasteiger partial charge in [-0.05, 0) is 35.7 Å². The van der Waals surface area contributed by atoms with Crippen LogP contribution in [0.15, 0.2) is 48.2 Å². The van der Waals surface area contributed by atoms with Gasteiger partial charge in [-0.15, -0.1) is 0 Å². The van der Waals surface area contributed by atoms with Crippen molar-refractivity contribution < 1.29 is 23.5 Å². The summed E-state index contributed by atoms with van der Waals surface area (Å²) in [6.45, 7) is 5.10. The fraction of sp³-hybridized carbons (Fsp3) is 0.273. The molecule has 2 aromatic rings. The fourth-order valence-electron chi connectivity index (χ4n) is 3.37. The van der Waals surface area contributed by atoms with Crippen molar-refractivity contribution in [3.05, 3.63) is 59.5 Å². The van der Waals surface area contributed by atoms with E-state index in [1.165, 1.54) is 29.2 Å². The van der Waals surface area contributed by atoms with Crippen molar-refractivity contribution in [1.29, 1.82) is 0 Å². The number of hydrogen-bond donors (Lipinski definition) is 1. The first-order valence-electron chi connectivity index (χ1n) is 9.47. The van der Waals surface area contributed by atoms with Gasteiger partial charge >= 0.3 is 0 Å². The second-order valence-corrected chi connectivity index (χ2v) is 7.36. The molecule has 2 aliphatic heterocycles. The van der Waals surface area contributed by atoms with Gasteiger partial charge in [0.25, 0.3) is 11.8 Å². The zero-order chi connectivity index (χ0) is 20.5. The van der Waals surface area contributed by atoms with Crippen LogP contribution in [0.5, 0.6) is 11.5 Å². The molecule has 0 saturated heterocycles. The Morgan fingerprint density at radius 3 is 2.38 bits per heavy atom. The molecule has 0 radical (unpaired) electrons. The Morgan fingerprint density at radius 2 is 1.69 bits per heavy atom. The van der Waals surface area contributed by atoms with E-state index in [-0.39, 0.29) is 17.2 Å². The van der Waals surface area contributed by atoms with E-state index in [2.05, 4.69) is 5.32 Å². The molecule has 0 spiro atoms. The van der Waals surface area contributed by atoms with Gasteiger partial charge in [-0.2, -0.15) is 0 Å². The predicted molar refractivity (Wildman–Crippen MR) is 106 cm³/mol. The molecule has 2 aromatic carbocycles. The second kappa shape index (κ2) is 7.58. The minimum Gasteiger partial charge on any atom is -0.486 e. The van der Waals surface area contributed by atoms with Crippen molar-refractivity contribution in [3.8, 4) is 11.5 Å². The van der Waals surface area contributed by atoms with Crippen LogP contribution in [-0.2, 0) is 9.59 Å². The summed E-state index contributed by atoms with van der Waals surface area (Å²) in [6, 6.07) is 10.8. The molecule has 6 nitrogen and oxygen atoms in total. The molecule has 7 heteroatoms. The van der Waals surface area contributed by atoms with Gasteiger partial charge in [0.15, 0.2) is 11.5 Å². The number of nitrogens with zero attached hydrogens (tertiary/aromatic N) is 1. The number of benzene rings is 2. The van der Waals surface area contributed by atoms with Gasteiger partial charge in [0, 0.05) is 18.3 Å². The topological polar surface area (TPSA) is 67.9 Å². The van der Waals surface area contributed by atoms with Crippen molar-refractivity contribution in [2.45, 2.75) is 13.8 Å². The molecule has 1 N–H and O–H groups in total. The van der Waals surface area contributed by atoms with E-state index in [9.17, 15) is 14.0 Å². The number of amides is 2. The summed E-state index contributed by atoms with van der Waals surface area (Å²) < 4.78 is 24.5. The third kappa shape index (κ3) is 3.68. The molecule has 2 amide bonds. The number of rotatable bonds is 5. The van der Waals surface area contributed by atoms with Gasteiger partial charge in [-0.25, -0.2) is 4.39 Å². The van der Waals surface area contributed by atoms with E-state index in [4.69, 9.17) is 9.47 Å². The maximum absolute atomic E-state index is 13.4. The van der Waals surface area contributed by atoms with Crippen LogP contribution in [0, 0.1) is 11.7 Å². The smallest absolute Gasteiger partial charge is 0.278 e. The summed E-state index contributed by atoms with van der Waals surface area (Å²) in [4.78, 5) is 27.3. The van der Waals surface area contributed by atoms with Crippen molar-refractivity contribution in [3.63, 3.8) is 0 Å². The third-order valence-electron chi connectivity index (χ3n) is 4.66. The number of carbonyl (C=O) groups excluding carboxylic acids is 2. The lowest BCUT2D eigenvalue weighted by molar-refractivity contribution is -0.137. The molecule has 0 unspecified atom stereocenters. The average molecular weight is 396 g/mol. The van der Waals surface area contributed by atoms with Crippen LogP contribution in [-0.4, -0.2) is 36.5 Å². The Morgan fingerprint density at radius 1 is 1.00 bits per heavy atom. The Hall–Kier alpha value is -3.35. The highest BCUT2D eigenvalue weighted by atomic mass is 19.1. The molecule has 0 atom stereocenters. The lowest BCUT2D eigenvalue weighted by Crippen LogP contribution is -2.35. The lowest BCUT2D eigenvalue weighted by atomic mass is 10.0. The van der Waals surface area contributed by atoms with Gasteiger partial charge in [0.05, 0.1) is 5.57 Å². The van der Waals surface area contributed by atoms with E-state index >= 15 is 0 Å². The summed E-state index contributed by atoms with van der Waals surface area (Å²) in [5, 5.41) is 3.08. The fourth-order valence-corrected chi connectivity index (χ4v) is 3.37. The number of halogens is 1. The number of fused-ring (bicyclic) bond motifs is 1. The van der Waals surface area contributed by atoms with Gasteiger partial charge in [0.1, 0.15) is 24.7 Å². The highest BCUT2D eigenvalue weighted by Crippen LogP contribution is 2.35. The second-order valence-electron chi connectivity index (χ2n) is 7.36. The molecule has 0 aliphatic carbocycles. The van der Waals surface area contributed by atoms with E-state index in [1.807, 2.05) is 13.8 Å². The standard InChI is InChI=1S/C22H21FN2O4/c1-13(2)12-25-21(26)19(14-3-5-15(23)6-4-14)20(22(25)27)24-16-7-8-17-18(11-16)29-10-9-28-17/h3-8,11,13,24H,9-10,12H2,1-2H3. The Kier molecular flexibility index (Phi) is 4.96. The van der Waals surface area contributed by atoms with Crippen molar-refractivity contribution in [2.75, 3.05) is 25.1 Å². The van der Waals surface area contributed by atoms with E-state index in [0.717, 1.165) is 0 Å². The number of anilines is 1. The quantitative estimate of drug-likeness (QED) is 0.784. The zero-order valence-corrected chi connectivity index (χ0v) is 16.2. The molecule has 0 fully saturated rings. The first-order valence-corrected chi connectivity index (χ1v) is 9.47. The molecule has 29 heavy (non-hydrogen) atoms. The van der Waals surface area contributed by atoms with Crippen LogP contribution < -0.4 is 14.8 Å². The number of imide groups is 1. The van der Waals surface area contributed by atoms with E-state index in [1.54, 1.807) is 18.2 Å². The Labute approximate surface area is 167 Å². The van der Waals surface area contributed by atoms with Crippen molar-refractivity contribution in [1.82, 2.24) is 4.90 Å². The first-order chi connectivity index (χ1) is 13.9. The van der Waals surface area contributed by atoms with Gasteiger partial charge < -0.3 is 14.8 Å². The Bertz CT molecular complexity index is 998. The molecule has 4 rings (SSSR count). The van der Waals surface area contributed by atoms with E-state index < -0.39 is 17.6 Å². The normalized spacial score (nSPS) is 16.1. The molecule has 0 bridgehead atoms. The minimum atomic E-state index is -0.411. The van der Waals surface area contributed by atoms with Gasteiger partial charge in [-0.1, -0.05) is 26.0 Å². The number of nitrogens with one attached hydrogen (secondary N) is 1. The summed E-state index contributed by atoms with van der Waals surface area (Å²) >= 11 is 0. The Balaban J connectivity index is 1.74. The molecular formula is C22H21FN2O4. The van der Waals surface area contributed by atoms with Crippen molar-refractivity contribution >= 4 is 23.1 Å². The monoisotopic (exact) mass is 396 g/mol. The predicted octanol–water partition coefficient (Wildman–Crippen LogP) is 3.44. The maximum Gasteiger partial charge on any atom is 0.278 e. The maximum atomic E-state index is 13.4.